The van der Waals surface area contributed by atoms with Crippen LogP contribution in [-0.2, 0) is 16.6 Å². The first-order valence-electron chi connectivity index (χ1n) is 6.68. The average molecular weight is 287 g/mol. The van der Waals surface area contributed by atoms with Crippen LogP contribution >= 0.6 is 0 Å². The summed E-state index contributed by atoms with van der Waals surface area (Å²) in [4.78, 5) is 0.158. The average Bonchev–Trinajstić information content (AvgIpc) is 2.99. The molecule has 1 saturated carbocycles. The van der Waals surface area contributed by atoms with Crippen LogP contribution in [0.4, 0.5) is 0 Å². The van der Waals surface area contributed by atoms with Crippen molar-refractivity contribution in [2.45, 2.75) is 50.1 Å². The number of hydrogen-bond donors (Lipinski definition) is 2. The zero-order chi connectivity index (χ0) is 13.9. The first kappa shape index (κ1) is 14.5. The highest BCUT2D eigenvalue weighted by molar-refractivity contribution is 7.89. The first-order chi connectivity index (χ1) is 9.03. The van der Waals surface area contributed by atoms with Crippen LogP contribution in [0.2, 0.25) is 0 Å². The van der Waals surface area contributed by atoms with Crippen LogP contribution in [-0.4, -0.2) is 36.0 Å². The normalized spacial score (nSPS) is 18.8. The Hall–Kier alpha value is -0.920. The Morgan fingerprint density at radius 3 is 2.84 bits per heavy atom. The summed E-state index contributed by atoms with van der Waals surface area (Å²) in [5.74, 6) is 0.433. The minimum Gasteiger partial charge on any atom is -0.394 e. The number of rotatable bonds is 6. The molecule has 1 aliphatic rings. The van der Waals surface area contributed by atoms with E-state index >= 15 is 0 Å². The minimum absolute atomic E-state index is 0.0475. The lowest BCUT2D eigenvalue weighted by molar-refractivity contribution is 0.269. The van der Waals surface area contributed by atoms with E-state index in [4.69, 9.17) is 5.11 Å². The minimum atomic E-state index is -3.51. The van der Waals surface area contributed by atoms with Gasteiger partial charge in [-0.2, -0.15) is 5.10 Å². The lowest BCUT2D eigenvalue weighted by Gasteiger charge is -2.19. The second-order valence-electron chi connectivity index (χ2n) is 5.12. The van der Waals surface area contributed by atoms with Crippen molar-refractivity contribution in [3.63, 3.8) is 0 Å². The van der Waals surface area contributed by atoms with Crippen LogP contribution < -0.4 is 4.72 Å². The van der Waals surface area contributed by atoms with Crippen LogP contribution in [0.5, 0.6) is 0 Å². The largest absolute Gasteiger partial charge is 0.394 e. The van der Waals surface area contributed by atoms with E-state index in [9.17, 15) is 8.42 Å². The van der Waals surface area contributed by atoms with E-state index < -0.39 is 10.0 Å². The van der Waals surface area contributed by atoms with Crippen molar-refractivity contribution in [2.24, 2.45) is 5.92 Å². The maximum Gasteiger partial charge on any atom is 0.243 e. The van der Waals surface area contributed by atoms with Gasteiger partial charge in [0.2, 0.25) is 10.0 Å². The van der Waals surface area contributed by atoms with Crippen molar-refractivity contribution in [1.82, 2.24) is 14.5 Å². The number of sulfonamides is 1. The third kappa shape index (κ3) is 3.55. The number of hydrogen-bond acceptors (Lipinski definition) is 4. The fourth-order valence-corrected chi connectivity index (χ4v) is 3.84. The Balaban J connectivity index is 2.03. The summed E-state index contributed by atoms with van der Waals surface area (Å²) >= 11 is 0. The zero-order valence-electron chi connectivity index (χ0n) is 11.1. The molecule has 19 heavy (non-hydrogen) atoms. The van der Waals surface area contributed by atoms with Crippen molar-refractivity contribution in [2.75, 3.05) is 6.61 Å². The van der Waals surface area contributed by atoms with E-state index in [0.717, 1.165) is 12.8 Å². The molecule has 7 heteroatoms. The summed E-state index contributed by atoms with van der Waals surface area (Å²) in [6.07, 6.45) is 7.32. The van der Waals surface area contributed by atoms with Gasteiger partial charge < -0.3 is 5.11 Å². The lowest BCUT2D eigenvalue weighted by Crippen LogP contribution is -2.37. The monoisotopic (exact) mass is 287 g/mol. The third-order valence-electron chi connectivity index (χ3n) is 3.70. The van der Waals surface area contributed by atoms with Gasteiger partial charge in [-0.1, -0.05) is 12.8 Å². The molecular formula is C12H21N3O3S. The van der Waals surface area contributed by atoms with Crippen LogP contribution in [0.25, 0.3) is 0 Å². The molecular weight excluding hydrogens is 266 g/mol. The number of nitrogens with zero attached hydrogens (tertiary/aromatic N) is 2. The molecule has 0 aliphatic heterocycles. The number of nitrogens with one attached hydrogen (secondary N) is 1. The summed E-state index contributed by atoms with van der Waals surface area (Å²) in [6, 6.07) is -0.0475. The molecule has 1 fully saturated rings. The molecule has 1 aromatic heterocycles. The standard InChI is InChI=1S/C12H21N3O3S/c1-10(11-4-2-3-5-11)14-19(17,18)12-8-13-15(9-12)6-7-16/h8-11,14,16H,2-7H2,1H3. The molecule has 1 aromatic rings. The van der Waals surface area contributed by atoms with Gasteiger partial charge >= 0.3 is 0 Å². The molecule has 6 nitrogen and oxygen atoms in total. The van der Waals surface area contributed by atoms with Crippen LogP contribution in [0.15, 0.2) is 17.3 Å². The quantitative estimate of drug-likeness (QED) is 0.808. The highest BCUT2D eigenvalue weighted by Crippen LogP contribution is 2.28. The Labute approximate surface area is 113 Å². The topological polar surface area (TPSA) is 84.2 Å². The second kappa shape index (κ2) is 6.02. The van der Waals surface area contributed by atoms with Crippen molar-refractivity contribution >= 4 is 10.0 Å². The SMILES string of the molecule is CC(NS(=O)(=O)c1cnn(CCO)c1)C1CCCC1. The van der Waals surface area contributed by atoms with Gasteiger partial charge in [0.25, 0.3) is 0 Å². The van der Waals surface area contributed by atoms with Crippen molar-refractivity contribution in [3.05, 3.63) is 12.4 Å². The molecule has 0 radical (unpaired) electrons. The molecule has 1 unspecified atom stereocenters. The molecule has 0 aromatic carbocycles. The van der Waals surface area contributed by atoms with Crippen molar-refractivity contribution in [1.29, 1.82) is 0 Å². The predicted octanol–water partition coefficient (Wildman–Crippen LogP) is 0.732. The van der Waals surface area contributed by atoms with Crippen LogP contribution in [0.3, 0.4) is 0 Å². The van der Waals surface area contributed by atoms with Gasteiger partial charge in [-0.3, -0.25) is 4.68 Å². The lowest BCUT2D eigenvalue weighted by atomic mass is 10.0. The van der Waals surface area contributed by atoms with E-state index in [1.54, 1.807) is 0 Å². The van der Waals surface area contributed by atoms with Crippen LogP contribution in [0, 0.1) is 5.92 Å². The smallest absolute Gasteiger partial charge is 0.243 e. The third-order valence-corrected chi connectivity index (χ3v) is 5.21. The van der Waals surface area contributed by atoms with E-state index in [1.807, 2.05) is 6.92 Å². The molecule has 2 N–H and O–H groups in total. The van der Waals surface area contributed by atoms with E-state index in [0.29, 0.717) is 12.5 Å². The van der Waals surface area contributed by atoms with Gasteiger partial charge in [0, 0.05) is 12.2 Å². The highest BCUT2D eigenvalue weighted by Gasteiger charge is 2.26. The van der Waals surface area contributed by atoms with Gasteiger partial charge in [-0.25, -0.2) is 13.1 Å². The zero-order valence-corrected chi connectivity index (χ0v) is 11.9. The molecule has 108 valence electrons. The molecule has 1 atom stereocenters. The molecule has 1 aliphatic carbocycles. The molecule has 0 bridgehead atoms. The fourth-order valence-electron chi connectivity index (χ4n) is 2.57. The summed E-state index contributed by atoms with van der Waals surface area (Å²) in [6.45, 7) is 2.16. The van der Waals surface area contributed by atoms with Gasteiger partial charge in [0.15, 0.2) is 0 Å². The number of aliphatic hydroxyl groups excluding tert-OH is 1. The van der Waals surface area contributed by atoms with Gasteiger partial charge in [-0.15, -0.1) is 0 Å². The molecule has 1 heterocycles. The van der Waals surface area contributed by atoms with Crippen molar-refractivity contribution in [3.8, 4) is 0 Å². The Kier molecular flexibility index (Phi) is 4.59. The summed E-state index contributed by atoms with van der Waals surface area (Å²) in [7, 11) is -3.51. The molecule has 0 spiro atoms. The molecule has 0 amide bonds. The van der Waals surface area contributed by atoms with E-state index in [2.05, 4.69) is 9.82 Å². The molecule has 2 rings (SSSR count). The summed E-state index contributed by atoms with van der Waals surface area (Å²) in [5.41, 5.74) is 0. The second-order valence-corrected chi connectivity index (χ2v) is 6.83. The predicted molar refractivity (Wildman–Crippen MR) is 71.1 cm³/mol. The Morgan fingerprint density at radius 1 is 1.53 bits per heavy atom. The van der Waals surface area contributed by atoms with Crippen LogP contribution in [0.1, 0.15) is 32.6 Å². The maximum atomic E-state index is 12.2. The maximum absolute atomic E-state index is 12.2. The fraction of sp³-hybridized carbons (Fsp3) is 0.750. The summed E-state index contributed by atoms with van der Waals surface area (Å²) in [5, 5.41) is 12.7. The highest BCUT2D eigenvalue weighted by atomic mass is 32.2. The Morgan fingerprint density at radius 2 is 2.21 bits per heavy atom. The molecule has 0 saturated heterocycles. The first-order valence-corrected chi connectivity index (χ1v) is 8.17. The van der Waals surface area contributed by atoms with E-state index in [1.165, 1.54) is 29.9 Å². The van der Waals surface area contributed by atoms with E-state index in [-0.39, 0.29) is 17.5 Å². The van der Waals surface area contributed by atoms with Gasteiger partial charge in [-0.05, 0) is 25.7 Å². The number of aliphatic hydroxyl groups is 1. The summed E-state index contributed by atoms with van der Waals surface area (Å²) < 4.78 is 28.5. The number of aromatic nitrogens is 2. The van der Waals surface area contributed by atoms with Crippen molar-refractivity contribution < 1.29 is 13.5 Å². The van der Waals surface area contributed by atoms with Gasteiger partial charge in [0.05, 0.1) is 19.3 Å². The van der Waals surface area contributed by atoms with Gasteiger partial charge in [0.1, 0.15) is 4.90 Å². The Bertz CT molecular complexity index is 506.